The fourth-order valence-electron chi connectivity index (χ4n) is 2.93. The van der Waals surface area contributed by atoms with Crippen molar-refractivity contribution in [3.8, 4) is 0 Å². The van der Waals surface area contributed by atoms with Crippen LogP contribution < -0.4 is 17.2 Å². The number of aliphatic hydroxyl groups is 1. The molecule has 0 amide bonds. The number of benzene rings is 1. The molecule has 0 saturated carbocycles. The maximum atomic E-state index is 14.6. The maximum absolute atomic E-state index is 14.6. The van der Waals surface area contributed by atoms with Crippen molar-refractivity contribution >= 4 is 19.3 Å². The molecular weight excluding hydrogens is 410 g/mol. The van der Waals surface area contributed by atoms with E-state index in [0.29, 0.717) is 11.3 Å². The van der Waals surface area contributed by atoms with Crippen LogP contribution in [0, 0.1) is 0 Å². The molecule has 13 heteroatoms. The van der Waals surface area contributed by atoms with E-state index in [1.54, 1.807) is 24.3 Å². The van der Waals surface area contributed by atoms with Crippen molar-refractivity contribution in [3.05, 3.63) is 52.1 Å². The molecule has 1 aromatic heterocycles. The number of phosphoric ester groups is 1. The summed E-state index contributed by atoms with van der Waals surface area (Å²) in [5.74, 6) is -0.0431. The largest absolute Gasteiger partial charge is 0.469 e. The number of ether oxygens (including phenoxy) is 1. The Morgan fingerprint density at radius 2 is 1.93 bits per heavy atom. The van der Waals surface area contributed by atoms with Crippen molar-refractivity contribution in [2.24, 2.45) is 0 Å². The average Bonchev–Trinajstić information content (AvgIpc) is 2.92. The van der Waals surface area contributed by atoms with Gasteiger partial charge in [-0.1, -0.05) is 12.1 Å². The summed E-state index contributed by atoms with van der Waals surface area (Å²) in [5, 5.41) is 9.96. The molecule has 4 atom stereocenters. The minimum atomic E-state index is -4.84. The van der Waals surface area contributed by atoms with Crippen LogP contribution >= 0.6 is 7.82 Å². The Balaban J connectivity index is 1.85. The lowest BCUT2D eigenvalue weighted by Gasteiger charge is -2.18. The predicted molar refractivity (Wildman–Crippen MR) is 99.4 cm³/mol. The Bertz CT molecular complexity index is 980. The summed E-state index contributed by atoms with van der Waals surface area (Å²) in [5.41, 5.74) is 12.4. The lowest BCUT2D eigenvalue weighted by Crippen LogP contribution is -2.34. The minimum absolute atomic E-state index is 0.0431. The van der Waals surface area contributed by atoms with Gasteiger partial charge in [0.1, 0.15) is 18.0 Å². The molecule has 1 aliphatic rings. The molecule has 0 aliphatic carbocycles. The summed E-state index contributed by atoms with van der Waals surface area (Å²) in [6, 6.07) is 6.89. The third-order valence-electron chi connectivity index (χ3n) is 4.41. The van der Waals surface area contributed by atoms with Gasteiger partial charge in [0.15, 0.2) is 12.4 Å². The quantitative estimate of drug-likeness (QED) is 0.301. The van der Waals surface area contributed by atoms with Gasteiger partial charge in [-0.2, -0.15) is 4.98 Å². The van der Waals surface area contributed by atoms with E-state index in [9.17, 15) is 18.9 Å². The summed E-state index contributed by atoms with van der Waals surface area (Å²) >= 11 is 0. The highest BCUT2D eigenvalue weighted by molar-refractivity contribution is 7.46. The molecule has 1 aromatic carbocycles. The third-order valence-corrected chi connectivity index (χ3v) is 4.90. The van der Waals surface area contributed by atoms with Crippen LogP contribution in [-0.2, 0) is 20.2 Å². The molecule has 3 rings (SSSR count). The van der Waals surface area contributed by atoms with Crippen LogP contribution in [-0.4, -0.2) is 49.4 Å². The van der Waals surface area contributed by atoms with Crippen molar-refractivity contribution in [2.75, 3.05) is 18.1 Å². The highest BCUT2D eigenvalue weighted by Gasteiger charge is 2.46. The van der Waals surface area contributed by atoms with E-state index < -0.39 is 44.7 Å². The van der Waals surface area contributed by atoms with Gasteiger partial charge >= 0.3 is 13.5 Å². The first-order chi connectivity index (χ1) is 13.5. The summed E-state index contributed by atoms with van der Waals surface area (Å²) < 4.78 is 35.8. The number of halogens is 1. The van der Waals surface area contributed by atoms with Crippen LogP contribution in [0.2, 0.25) is 0 Å². The number of aliphatic hydroxyl groups excluding tert-OH is 1. The molecule has 2 aromatic rings. The van der Waals surface area contributed by atoms with Crippen molar-refractivity contribution < 1.29 is 33.1 Å². The van der Waals surface area contributed by atoms with E-state index >= 15 is 0 Å². The van der Waals surface area contributed by atoms with Gasteiger partial charge in [0.2, 0.25) is 0 Å². The van der Waals surface area contributed by atoms with E-state index in [-0.39, 0.29) is 12.2 Å². The molecule has 11 nitrogen and oxygen atoms in total. The minimum Gasteiger partial charge on any atom is -0.399 e. The molecule has 0 unspecified atom stereocenters. The van der Waals surface area contributed by atoms with Gasteiger partial charge in [-0.25, -0.2) is 13.8 Å². The lowest BCUT2D eigenvalue weighted by molar-refractivity contribution is -0.0483. The zero-order chi connectivity index (χ0) is 21.3. The third kappa shape index (κ3) is 4.99. The number of phosphoric acid groups is 1. The number of rotatable bonds is 6. The maximum Gasteiger partial charge on any atom is 0.469 e. The van der Waals surface area contributed by atoms with Gasteiger partial charge < -0.3 is 31.1 Å². The highest BCUT2D eigenvalue weighted by Crippen LogP contribution is 2.38. The molecule has 0 spiro atoms. The average molecular weight is 430 g/mol. The predicted octanol–water partition coefficient (Wildman–Crippen LogP) is -0.296. The lowest BCUT2D eigenvalue weighted by atomic mass is 10.1. The second kappa shape index (κ2) is 8.19. The molecule has 1 saturated heterocycles. The summed E-state index contributed by atoms with van der Waals surface area (Å²) in [4.78, 5) is 33.4. The van der Waals surface area contributed by atoms with Crippen LogP contribution in [0.25, 0.3) is 0 Å². The summed E-state index contributed by atoms with van der Waals surface area (Å²) in [6.45, 7) is -0.766. The number of nitrogens with two attached hydrogens (primary N) is 2. The molecule has 158 valence electrons. The van der Waals surface area contributed by atoms with Gasteiger partial charge in [0.05, 0.1) is 6.61 Å². The first-order valence-electron chi connectivity index (χ1n) is 8.45. The standard InChI is InChI=1S/C16H20FN4O7P/c17-12-13(22)11(7-27-29(24,25)26)28-15(12)21-6-9(14(19)20-16(21)23)5-8-1-3-10(18)4-2-8/h1-4,6,11-13,15,22H,5,7,18H2,(H2,19,20,23)(H2,24,25,26)/t11-,12+,13-,15-/m1/s1. The number of nitrogens with zero attached hydrogens (tertiary/aromatic N) is 2. The molecule has 29 heavy (non-hydrogen) atoms. The van der Waals surface area contributed by atoms with Crippen molar-refractivity contribution in [2.45, 2.75) is 31.0 Å². The molecular formula is C16H20FN4O7P. The van der Waals surface area contributed by atoms with Gasteiger partial charge in [-0.05, 0) is 17.7 Å². The Hall–Kier alpha value is -2.34. The Labute approximate surface area is 163 Å². The van der Waals surface area contributed by atoms with Crippen molar-refractivity contribution in [1.29, 1.82) is 0 Å². The fourth-order valence-corrected chi connectivity index (χ4v) is 3.27. The Morgan fingerprint density at radius 1 is 1.28 bits per heavy atom. The second-order valence-corrected chi connectivity index (χ2v) is 7.79. The van der Waals surface area contributed by atoms with E-state index in [0.717, 1.165) is 10.1 Å². The fraction of sp³-hybridized carbons (Fsp3) is 0.375. The Kier molecular flexibility index (Phi) is 6.03. The van der Waals surface area contributed by atoms with Crippen LogP contribution in [0.5, 0.6) is 0 Å². The van der Waals surface area contributed by atoms with Crippen LogP contribution in [0.15, 0.2) is 35.3 Å². The van der Waals surface area contributed by atoms with Crippen molar-refractivity contribution in [1.82, 2.24) is 9.55 Å². The van der Waals surface area contributed by atoms with Gasteiger partial charge in [0.25, 0.3) is 0 Å². The summed E-state index contributed by atoms with van der Waals surface area (Å²) in [6.07, 6.45) is -5.24. The zero-order valence-electron chi connectivity index (χ0n) is 15.0. The molecule has 1 fully saturated rings. The van der Waals surface area contributed by atoms with Gasteiger partial charge in [-0.15, -0.1) is 0 Å². The molecule has 2 heterocycles. The van der Waals surface area contributed by atoms with E-state index in [1.165, 1.54) is 6.20 Å². The van der Waals surface area contributed by atoms with Gasteiger partial charge in [-0.3, -0.25) is 9.09 Å². The van der Waals surface area contributed by atoms with Crippen LogP contribution in [0.1, 0.15) is 17.4 Å². The Morgan fingerprint density at radius 3 is 2.55 bits per heavy atom. The van der Waals surface area contributed by atoms with Crippen molar-refractivity contribution in [3.63, 3.8) is 0 Å². The first-order valence-corrected chi connectivity index (χ1v) is 9.98. The zero-order valence-corrected chi connectivity index (χ0v) is 15.9. The molecule has 7 N–H and O–H groups in total. The van der Waals surface area contributed by atoms with Crippen LogP contribution in [0.4, 0.5) is 15.9 Å². The number of anilines is 2. The number of hydrogen-bond donors (Lipinski definition) is 5. The molecule has 1 aliphatic heterocycles. The van der Waals surface area contributed by atoms with E-state index in [2.05, 4.69) is 9.51 Å². The van der Waals surface area contributed by atoms with E-state index in [4.69, 9.17) is 26.0 Å². The first kappa shape index (κ1) is 21.4. The number of nitrogen functional groups attached to an aromatic ring is 2. The number of aromatic nitrogens is 2. The molecule has 0 bridgehead atoms. The smallest absolute Gasteiger partial charge is 0.399 e. The second-order valence-electron chi connectivity index (χ2n) is 6.55. The van der Waals surface area contributed by atoms with Gasteiger partial charge in [0, 0.05) is 23.9 Å². The highest BCUT2D eigenvalue weighted by atomic mass is 31.2. The molecule has 0 radical (unpaired) electrons. The number of hydrogen-bond acceptors (Lipinski definition) is 8. The normalized spacial score (nSPS) is 24.7. The van der Waals surface area contributed by atoms with E-state index in [1.807, 2.05) is 0 Å². The monoisotopic (exact) mass is 430 g/mol. The van der Waals surface area contributed by atoms with Crippen LogP contribution in [0.3, 0.4) is 0 Å². The summed E-state index contributed by atoms with van der Waals surface area (Å²) in [7, 11) is -4.84. The topological polar surface area (TPSA) is 183 Å². The number of alkyl halides is 1. The SMILES string of the molecule is Nc1ccc(Cc2cn([C@@H]3O[C@H](COP(=O)(O)O)[C@@H](O)[C@@H]3F)c(=O)nc2N)cc1.